The molecule has 0 saturated carbocycles. The lowest BCUT2D eigenvalue weighted by atomic mass is 9.82. The molecule has 7 heteroatoms. The molecule has 0 bridgehead atoms. The molecule has 2 N–H and O–H groups in total. The third-order valence-corrected chi connectivity index (χ3v) is 6.07. The predicted molar refractivity (Wildman–Crippen MR) is 127 cm³/mol. The second-order valence-corrected chi connectivity index (χ2v) is 7.94. The smallest absolute Gasteiger partial charge is 0.344 e. The molecule has 1 aliphatic rings. The van der Waals surface area contributed by atoms with Crippen LogP contribution in [0.1, 0.15) is 29.5 Å². The van der Waals surface area contributed by atoms with Gasteiger partial charge in [-0.3, -0.25) is 4.98 Å². The number of nitrogens with two attached hydrogens (primary N) is 1. The number of aromatic nitrogens is 1. The quantitative estimate of drug-likeness (QED) is 0.450. The van der Waals surface area contributed by atoms with Crippen molar-refractivity contribution in [1.82, 2.24) is 4.98 Å². The molecule has 2 aromatic heterocycles. The van der Waals surface area contributed by atoms with Crippen molar-refractivity contribution in [3.8, 4) is 28.7 Å². The fraction of sp³-hybridized carbons (Fsp3) is 0.148. The Labute approximate surface area is 195 Å². The largest absolute Gasteiger partial charge is 0.496 e. The summed E-state index contributed by atoms with van der Waals surface area (Å²) in [6, 6.07) is 17.0. The highest BCUT2D eigenvalue weighted by atomic mass is 16.5. The third-order valence-electron chi connectivity index (χ3n) is 6.07. The maximum atomic E-state index is 13.2. The molecule has 34 heavy (non-hydrogen) atoms. The Kier molecular flexibility index (Phi) is 5.27. The Balaban J connectivity index is 1.80. The summed E-state index contributed by atoms with van der Waals surface area (Å²) in [5, 5.41) is 10.6. The van der Waals surface area contributed by atoms with Gasteiger partial charge in [0.1, 0.15) is 23.0 Å². The van der Waals surface area contributed by atoms with Crippen LogP contribution < -0.4 is 20.8 Å². The van der Waals surface area contributed by atoms with Gasteiger partial charge in [0.05, 0.1) is 24.0 Å². The molecule has 0 amide bonds. The topological polar surface area (TPSA) is 111 Å². The van der Waals surface area contributed by atoms with Crippen molar-refractivity contribution in [2.75, 3.05) is 7.11 Å². The number of nitriles is 1. The third kappa shape index (κ3) is 3.37. The van der Waals surface area contributed by atoms with Crippen LogP contribution in [0.5, 0.6) is 11.5 Å². The lowest BCUT2D eigenvalue weighted by Crippen LogP contribution is -2.26. The molecular formula is C27H21N3O4. The predicted octanol–water partition coefficient (Wildman–Crippen LogP) is 4.64. The first kappa shape index (κ1) is 21.3. The van der Waals surface area contributed by atoms with Crippen molar-refractivity contribution in [3.63, 3.8) is 0 Å². The van der Waals surface area contributed by atoms with E-state index in [1.165, 1.54) is 0 Å². The molecule has 2 aromatic carbocycles. The van der Waals surface area contributed by atoms with E-state index in [0.29, 0.717) is 28.0 Å². The van der Waals surface area contributed by atoms with E-state index in [1.54, 1.807) is 31.6 Å². The normalized spacial score (nSPS) is 14.9. The van der Waals surface area contributed by atoms with Crippen molar-refractivity contribution >= 4 is 11.0 Å². The Bertz CT molecular complexity index is 1550. The first-order chi connectivity index (χ1) is 16.5. The standard InChI is InChI=1S/C27H21N3O4/c1-3-15-6-8-22-19(11-15)25-24(27(31)33-22)23(20(13-28)26(29)34-25)16-7-9-21(32-2)18(12-16)17-5-4-10-30-14-17/h4-12,14,23H,3,29H2,1-2H3. The lowest BCUT2D eigenvalue weighted by molar-refractivity contribution is 0.388. The van der Waals surface area contributed by atoms with Crippen molar-refractivity contribution < 1.29 is 13.9 Å². The molecular weight excluding hydrogens is 430 g/mol. The lowest BCUT2D eigenvalue weighted by Gasteiger charge is -2.26. The van der Waals surface area contributed by atoms with Gasteiger partial charge in [-0.2, -0.15) is 5.26 Å². The molecule has 0 aliphatic carbocycles. The number of pyridine rings is 1. The van der Waals surface area contributed by atoms with Crippen LogP contribution in [-0.4, -0.2) is 12.1 Å². The number of methoxy groups -OCH3 is 1. The van der Waals surface area contributed by atoms with E-state index in [2.05, 4.69) is 11.1 Å². The first-order valence-electron chi connectivity index (χ1n) is 10.8. The number of allylic oxidation sites excluding steroid dienone is 1. The highest BCUT2D eigenvalue weighted by molar-refractivity contribution is 5.87. The van der Waals surface area contributed by atoms with Crippen LogP contribution in [0.3, 0.4) is 0 Å². The van der Waals surface area contributed by atoms with Gasteiger partial charge in [0, 0.05) is 23.5 Å². The number of fused-ring (bicyclic) bond motifs is 3. The van der Waals surface area contributed by atoms with Gasteiger partial charge in [0.15, 0.2) is 5.75 Å². The zero-order valence-corrected chi connectivity index (χ0v) is 18.7. The maximum absolute atomic E-state index is 13.2. The van der Waals surface area contributed by atoms with Crippen molar-refractivity contribution in [2.24, 2.45) is 5.73 Å². The van der Waals surface area contributed by atoms with Gasteiger partial charge in [0.2, 0.25) is 5.88 Å². The summed E-state index contributed by atoms with van der Waals surface area (Å²) < 4.78 is 17.1. The first-order valence-corrected chi connectivity index (χ1v) is 10.8. The summed E-state index contributed by atoms with van der Waals surface area (Å²) in [5.74, 6) is 0.160. The van der Waals surface area contributed by atoms with Gasteiger partial charge in [-0.15, -0.1) is 0 Å². The zero-order chi connectivity index (χ0) is 23.8. The molecule has 1 atom stereocenters. The van der Waals surface area contributed by atoms with Crippen LogP contribution in [0.25, 0.3) is 22.1 Å². The molecule has 7 nitrogen and oxygen atoms in total. The summed E-state index contributed by atoms with van der Waals surface area (Å²) in [6.45, 7) is 2.04. The minimum Gasteiger partial charge on any atom is -0.496 e. The molecule has 0 spiro atoms. The molecule has 0 fully saturated rings. The minimum atomic E-state index is -0.763. The maximum Gasteiger partial charge on any atom is 0.344 e. The number of rotatable bonds is 4. The van der Waals surface area contributed by atoms with Crippen molar-refractivity contribution in [2.45, 2.75) is 19.3 Å². The monoisotopic (exact) mass is 451 g/mol. The molecule has 5 rings (SSSR count). The Morgan fingerprint density at radius 3 is 2.76 bits per heavy atom. The van der Waals surface area contributed by atoms with Crippen LogP contribution >= 0.6 is 0 Å². The van der Waals surface area contributed by atoms with E-state index >= 15 is 0 Å². The molecule has 0 saturated heterocycles. The average Bonchev–Trinajstić information content (AvgIpc) is 2.88. The number of ether oxygens (including phenoxy) is 2. The van der Waals surface area contributed by atoms with Gasteiger partial charge < -0.3 is 19.6 Å². The molecule has 1 unspecified atom stereocenters. The van der Waals surface area contributed by atoms with Crippen LogP contribution in [-0.2, 0) is 6.42 Å². The van der Waals surface area contributed by atoms with Crippen LogP contribution in [0, 0.1) is 11.3 Å². The fourth-order valence-electron chi connectivity index (χ4n) is 4.37. The molecule has 4 aromatic rings. The number of nitrogens with zero attached hydrogens (tertiary/aromatic N) is 2. The van der Waals surface area contributed by atoms with Gasteiger partial charge in [0.25, 0.3) is 0 Å². The summed E-state index contributed by atoms with van der Waals surface area (Å²) in [4.78, 5) is 17.4. The van der Waals surface area contributed by atoms with Gasteiger partial charge in [-0.25, -0.2) is 4.79 Å². The summed E-state index contributed by atoms with van der Waals surface area (Å²) in [7, 11) is 1.59. The number of hydrogen-bond acceptors (Lipinski definition) is 7. The molecule has 3 heterocycles. The van der Waals surface area contributed by atoms with Crippen molar-refractivity contribution in [1.29, 1.82) is 5.26 Å². The second-order valence-electron chi connectivity index (χ2n) is 7.94. The second kappa shape index (κ2) is 8.41. The number of benzene rings is 2. The zero-order valence-electron chi connectivity index (χ0n) is 18.7. The van der Waals surface area contributed by atoms with E-state index in [-0.39, 0.29) is 17.0 Å². The average molecular weight is 451 g/mol. The Morgan fingerprint density at radius 2 is 2.06 bits per heavy atom. The summed E-state index contributed by atoms with van der Waals surface area (Å²) in [5.41, 5.74) is 9.78. The number of hydrogen-bond donors (Lipinski definition) is 1. The Morgan fingerprint density at radius 1 is 1.21 bits per heavy atom. The van der Waals surface area contributed by atoms with Crippen LogP contribution in [0.2, 0.25) is 0 Å². The van der Waals surface area contributed by atoms with E-state index in [9.17, 15) is 10.1 Å². The van der Waals surface area contributed by atoms with Gasteiger partial charge in [-0.1, -0.05) is 25.1 Å². The highest BCUT2D eigenvalue weighted by Gasteiger charge is 2.36. The van der Waals surface area contributed by atoms with E-state index in [1.807, 2.05) is 43.3 Å². The summed E-state index contributed by atoms with van der Waals surface area (Å²) in [6.07, 6.45) is 4.21. The van der Waals surface area contributed by atoms with Crippen LogP contribution in [0.4, 0.5) is 0 Å². The Hall–Kier alpha value is -4.57. The van der Waals surface area contributed by atoms with Crippen LogP contribution in [0.15, 0.2) is 81.6 Å². The SMILES string of the molecule is CCc1ccc2oc(=O)c3c(c2c1)OC(N)=C(C#N)C3c1ccc(OC)c(-c2cccnc2)c1. The molecule has 168 valence electrons. The summed E-state index contributed by atoms with van der Waals surface area (Å²) >= 11 is 0. The van der Waals surface area contributed by atoms with E-state index in [4.69, 9.17) is 19.6 Å². The minimum absolute atomic E-state index is 0.0347. The molecule has 0 radical (unpaired) electrons. The van der Waals surface area contributed by atoms with Gasteiger partial charge in [-0.05, 0) is 47.9 Å². The van der Waals surface area contributed by atoms with E-state index < -0.39 is 11.5 Å². The van der Waals surface area contributed by atoms with Crippen molar-refractivity contribution in [3.05, 3.63) is 99.5 Å². The van der Waals surface area contributed by atoms with Gasteiger partial charge >= 0.3 is 5.63 Å². The van der Waals surface area contributed by atoms with E-state index in [0.717, 1.165) is 23.1 Å². The number of aryl methyl sites for hydroxylation is 1. The fourth-order valence-corrected chi connectivity index (χ4v) is 4.37. The highest BCUT2D eigenvalue weighted by Crippen LogP contribution is 2.45. The molecule has 1 aliphatic heterocycles.